The van der Waals surface area contributed by atoms with Crippen molar-refractivity contribution in [2.75, 3.05) is 6.61 Å². The van der Waals surface area contributed by atoms with Gasteiger partial charge in [-0.25, -0.2) is 4.79 Å². The van der Waals surface area contributed by atoms with Crippen molar-refractivity contribution < 1.29 is 14.3 Å². The second-order valence-electron chi connectivity index (χ2n) is 4.15. The van der Waals surface area contributed by atoms with E-state index in [-0.39, 0.29) is 24.7 Å². The molecule has 1 aromatic carbocycles. The van der Waals surface area contributed by atoms with Crippen molar-refractivity contribution in [2.45, 2.75) is 32.9 Å². The van der Waals surface area contributed by atoms with Crippen LogP contribution in [-0.4, -0.2) is 18.7 Å². The first-order valence-corrected chi connectivity index (χ1v) is 5.67. The summed E-state index contributed by atoms with van der Waals surface area (Å²) >= 11 is 0. The molecule has 1 aromatic rings. The van der Waals surface area contributed by atoms with Crippen molar-refractivity contribution in [1.82, 2.24) is 0 Å². The average molecular weight is 237 g/mol. The summed E-state index contributed by atoms with van der Waals surface area (Å²) in [6.45, 7) is 5.37. The standard InChI is InChI=1S/C13H19NO3/c1-9(2)17-13(15)8-16-12-7-5-4-6-11(12)10(3)14/h4-7,9-10H,8,14H2,1-3H3/t10-/m0/s1. The topological polar surface area (TPSA) is 61.5 Å². The van der Waals surface area contributed by atoms with Gasteiger partial charge in [-0.3, -0.25) is 0 Å². The third-order valence-electron chi connectivity index (χ3n) is 2.12. The van der Waals surface area contributed by atoms with E-state index >= 15 is 0 Å². The molecule has 0 radical (unpaired) electrons. The Hall–Kier alpha value is -1.55. The molecule has 0 saturated heterocycles. The minimum atomic E-state index is -0.375. The van der Waals surface area contributed by atoms with Gasteiger partial charge in [0.2, 0.25) is 0 Å². The zero-order chi connectivity index (χ0) is 12.8. The van der Waals surface area contributed by atoms with E-state index in [0.29, 0.717) is 5.75 Å². The van der Waals surface area contributed by atoms with E-state index in [4.69, 9.17) is 15.2 Å². The van der Waals surface area contributed by atoms with Crippen LogP contribution in [0.2, 0.25) is 0 Å². The summed E-state index contributed by atoms with van der Waals surface area (Å²) in [7, 11) is 0. The number of hydrogen-bond acceptors (Lipinski definition) is 4. The van der Waals surface area contributed by atoms with E-state index in [1.54, 1.807) is 19.9 Å². The quantitative estimate of drug-likeness (QED) is 0.796. The molecule has 0 aliphatic rings. The molecule has 0 amide bonds. The third kappa shape index (κ3) is 4.44. The van der Waals surface area contributed by atoms with Crippen LogP contribution in [0, 0.1) is 0 Å². The Morgan fingerprint density at radius 2 is 1.94 bits per heavy atom. The number of ether oxygens (including phenoxy) is 2. The number of benzene rings is 1. The SMILES string of the molecule is CC(C)OC(=O)COc1ccccc1[C@H](C)N. The van der Waals surface area contributed by atoms with Crippen LogP contribution in [0.5, 0.6) is 5.75 Å². The number of carbonyl (C=O) groups is 1. The van der Waals surface area contributed by atoms with Crippen LogP contribution in [0.15, 0.2) is 24.3 Å². The van der Waals surface area contributed by atoms with Gasteiger partial charge in [0.05, 0.1) is 6.10 Å². The summed E-state index contributed by atoms with van der Waals surface area (Å²) in [6.07, 6.45) is -0.130. The van der Waals surface area contributed by atoms with Crippen molar-refractivity contribution in [2.24, 2.45) is 5.73 Å². The molecule has 4 nitrogen and oxygen atoms in total. The normalized spacial score (nSPS) is 12.3. The van der Waals surface area contributed by atoms with Crippen LogP contribution in [0.4, 0.5) is 0 Å². The molecule has 1 atom stereocenters. The molecule has 0 heterocycles. The van der Waals surface area contributed by atoms with Crippen LogP contribution >= 0.6 is 0 Å². The zero-order valence-corrected chi connectivity index (χ0v) is 10.5. The minimum Gasteiger partial charge on any atom is -0.482 e. The summed E-state index contributed by atoms with van der Waals surface area (Å²) in [5.41, 5.74) is 6.68. The van der Waals surface area contributed by atoms with Crippen molar-refractivity contribution in [3.05, 3.63) is 29.8 Å². The lowest BCUT2D eigenvalue weighted by atomic mass is 10.1. The number of nitrogens with two attached hydrogens (primary N) is 1. The predicted molar refractivity (Wildman–Crippen MR) is 65.8 cm³/mol. The van der Waals surface area contributed by atoms with Gasteiger partial charge in [-0.1, -0.05) is 18.2 Å². The molecule has 94 valence electrons. The molecule has 0 bridgehead atoms. The second kappa shape index (κ2) is 6.25. The fraction of sp³-hybridized carbons (Fsp3) is 0.462. The Morgan fingerprint density at radius 3 is 2.53 bits per heavy atom. The van der Waals surface area contributed by atoms with Crippen molar-refractivity contribution >= 4 is 5.97 Å². The Morgan fingerprint density at radius 1 is 1.29 bits per heavy atom. The van der Waals surface area contributed by atoms with Gasteiger partial charge in [0.15, 0.2) is 6.61 Å². The molecule has 0 unspecified atom stereocenters. The first-order valence-electron chi connectivity index (χ1n) is 5.67. The molecular formula is C13H19NO3. The Bertz CT molecular complexity index is 375. The second-order valence-corrected chi connectivity index (χ2v) is 4.15. The molecule has 0 saturated carbocycles. The lowest BCUT2D eigenvalue weighted by Crippen LogP contribution is -2.19. The van der Waals surface area contributed by atoms with E-state index in [1.165, 1.54) is 0 Å². The van der Waals surface area contributed by atoms with Gasteiger partial charge in [-0.15, -0.1) is 0 Å². The third-order valence-corrected chi connectivity index (χ3v) is 2.12. The smallest absolute Gasteiger partial charge is 0.344 e. The minimum absolute atomic E-state index is 0.0953. The summed E-state index contributed by atoms with van der Waals surface area (Å²) in [6, 6.07) is 7.27. The van der Waals surface area contributed by atoms with Crippen LogP contribution < -0.4 is 10.5 Å². The van der Waals surface area contributed by atoms with Crippen LogP contribution in [0.3, 0.4) is 0 Å². The predicted octanol–water partition coefficient (Wildman–Crippen LogP) is 2.04. The summed E-state index contributed by atoms with van der Waals surface area (Å²) < 4.78 is 10.4. The van der Waals surface area contributed by atoms with Crippen molar-refractivity contribution in [1.29, 1.82) is 0 Å². The molecule has 2 N–H and O–H groups in total. The average Bonchev–Trinajstić information content (AvgIpc) is 2.25. The highest BCUT2D eigenvalue weighted by atomic mass is 16.6. The number of hydrogen-bond donors (Lipinski definition) is 1. The van der Waals surface area contributed by atoms with Gasteiger partial charge in [0.25, 0.3) is 0 Å². The number of para-hydroxylation sites is 1. The van der Waals surface area contributed by atoms with Gasteiger partial charge >= 0.3 is 5.97 Å². The molecule has 0 fully saturated rings. The number of carbonyl (C=O) groups excluding carboxylic acids is 1. The highest BCUT2D eigenvalue weighted by molar-refractivity contribution is 5.71. The zero-order valence-electron chi connectivity index (χ0n) is 10.5. The van der Waals surface area contributed by atoms with E-state index in [1.807, 2.05) is 25.1 Å². The molecule has 0 aromatic heterocycles. The molecule has 0 aliphatic heterocycles. The molecule has 0 spiro atoms. The lowest BCUT2D eigenvalue weighted by molar-refractivity contribution is -0.149. The molecule has 0 aliphatic carbocycles. The fourth-order valence-corrected chi connectivity index (χ4v) is 1.42. The highest BCUT2D eigenvalue weighted by Gasteiger charge is 2.10. The molecule has 1 rings (SSSR count). The number of rotatable bonds is 5. The van der Waals surface area contributed by atoms with Crippen molar-refractivity contribution in [3.8, 4) is 5.75 Å². The highest BCUT2D eigenvalue weighted by Crippen LogP contribution is 2.23. The largest absolute Gasteiger partial charge is 0.482 e. The van der Waals surface area contributed by atoms with Crippen molar-refractivity contribution in [3.63, 3.8) is 0 Å². The van der Waals surface area contributed by atoms with Crippen LogP contribution in [0.1, 0.15) is 32.4 Å². The van der Waals surface area contributed by atoms with E-state index in [0.717, 1.165) is 5.56 Å². The Labute approximate surface area is 102 Å². The molecule has 17 heavy (non-hydrogen) atoms. The van der Waals surface area contributed by atoms with Crippen LogP contribution in [-0.2, 0) is 9.53 Å². The number of esters is 1. The lowest BCUT2D eigenvalue weighted by Gasteiger charge is -2.14. The van der Waals surface area contributed by atoms with Gasteiger partial charge in [0.1, 0.15) is 5.75 Å². The summed E-state index contributed by atoms with van der Waals surface area (Å²) in [4.78, 5) is 11.3. The van der Waals surface area contributed by atoms with Gasteiger partial charge in [0, 0.05) is 11.6 Å². The van der Waals surface area contributed by atoms with Gasteiger partial charge in [-0.2, -0.15) is 0 Å². The monoisotopic (exact) mass is 237 g/mol. The van der Waals surface area contributed by atoms with Crippen LogP contribution in [0.25, 0.3) is 0 Å². The van der Waals surface area contributed by atoms with Gasteiger partial charge in [-0.05, 0) is 26.8 Å². The molecule has 4 heteroatoms. The maximum atomic E-state index is 11.3. The van der Waals surface area contributed by atoms with E-state index < -0.39 is 0 Å². The van der Waals surface area contributed by atoms with Gasteiger partial charge < -0.3 is 15.2 Å². The maximum Gasteiger partial charge on any atom is 0.344 e. The van der Waals surface area contributed by atoms with E-state index in [9.17, 15) is 4.79 Å². The Kier molecular flexibility index (Phi) is 4.97. The summed E-state index contributed by atoms with van der Waals surface area (Å²) in [5, 5.41) is 0. The fourth-order valence-electron chi connectivity index (χ4n) is 1.42. The first-order chi connectivity index (χ1) is 8.00. The first kappa shape index (κ1) is 13.5. The maximum absolute atomic E-state index is 11.3. The Balaban J connectivity index is 2.60. The summed E-state index contributed by atoms with van der Waals surface area (Å²) in [5.74, 6) is 0.252. The van der Waals surface area contributed by atoms with E-state index in [2.05, 4.69) is 0 Å². The molecular weight excluding hydrogens is 218 g/mol.